The lowest BCUT2D eigenvalue weighted by Crippen LogP contribution is -2.13. The third kappa shape index (κ3) is 6.16. The number of amides is 1. The van der Waals surface area contributed by atoms with Crippen LogP contribution in [0.4, 0.5) is 5.69 Å². The topological polar surface area (TPSA) is 120 Å². The Morgan fingerprint density at radius 1 is 0.744 bits per heavy atom. The van der Waals surface area contributed by atoms with Crippen LogP contribution >= 0.6 is 46.4 Å². The minimum atomic E-state index is -0.800. The predicted octanol–water partition coefficient (Wildman–Crippen LogP) is 9.06. The van der Waals surface area contributed by atoms with E-state index in [2.05, 4.69) is 20.8 Å². The molecule has 9 nitrogen and oxygen atoms in total. The summed E-state index contributed by atoms with van der Waals surface area (Å²) in [6.45, 7) is 4.84. The number of hydrogen-bond acceptors (Lipinski definition) is 8. The fourth-order valence-corrected chi connectivity index (χ4v) is 5.39. The van der Waals surface area contributed by atoms with Crippen LogP contribution < -0.4 is 5.32 Å². The number of benzene rings is 3. The number of nitrogens with one attached hydrogen (secondary N) is 1. The van der Waals surface area contributed by atoms with Gasteiger partial charge in [-0.3, -0.25) is 4.79 Å². The predicted molar refractivity (Wildman–Crippen MR) is 165 cm³/mol. The normalized spacial score (nSPS) is 11.5. The summed E-state index contributed by atoms with van der Waals surface area (Å²) in [5.74, 6) is -0.748. The molecule has 0 fully saturated rings. The SMILES string of the molecule is CC(=NOC(=O)c1c(-c2c(Cl)cccc2Cl)noc1C)c1ccc(NC(=O)c2c(-c3c(Cl)cccc3Cl)noc2C)cc1. The number of anilines is 1. The number of carbonyl (C=O) groups excluding carboxylic acids is 2. The summed E-state index contributed by atoms with van der Waals surface area (Å²) < 4.78 is 10.5. The zero-order valence-electron chi connectivity index (χ0n) is 22.7. The Hall–Kier alpha value is -4.15. The first kappa shape index (κ1) is 30.3. The van der Waals surface area contributed by atoms with Crippen molar-refractivity contribution in [3.63, 3.8) is 0 Å². The van der Waals surface area contributed by atoms with Gasteiger partial charge in [0, 0.05) is 16.8 Å². The molecule has 0 saturated carbocycles. The molecule has 0 radical (unpaired) electrons. The largest absolute Gasteiger partial charge is 0.371 e. The number of aryl methyl sites for hydroxylation is 2. The van der Waals surface area contributed by atoms with Gasteiger partial charge in [-0.1, -0.05) is 86.1 Å². The van der Waals surface area contributed by atoms with Crippen molar-refractivity contribution in [1.82, 2.24) is 10.3 Å². The van der Waals surface area contributed by atoms with Crippen molar-refractivity contribution in [3.05, 3.63) is 109 Å². The van der Waals surface area contributed by atoms with Gasteiger partial charge >= 0.3 is 5.97 Å². The van der Waals surface area contributed by atoms with E-state index >= 15 is 0 Å². The van der Waals surface area contributed by atoms with E-state index in [9.17, 15) is 9.59 Å². The molecule has 13 heteroatoms. The van der Waals surface area contributed by atoms with Gasteiger partial charge in [0.1, 0.15) is 34.0 Å². The maximum absolute atomic E-state index is 13.2. The molecule has 0 aliphatic rings. The fraction of sp³-hybridized carbons (Fsp3) is 0.100. The van der Waals surface area contributed by atoms with Crippen LogP contribution in [-0.4, -0.2) is 27.9 Å². The molecule has 0 bridgehead atoms. The summed E-state index contributed by atoms with van der Waals surface area (Å²) in [6.07, 6.45) is 0. The molecule has 218 valence electrons. The van der Waals surface area contributed by atoms with E-state index in [1.54, 1.807) is 81.4 Å². The van der Waals surface area contributed by atoms with Crippen molar-refractivity contribution >= 4 is 69.7 Å². The third-order valence-corrected chi connectivity index (χ3v) is 7.64. The monoisotopic (exact) mass is 656 g/mol. The fourth-order valence-electron chi connectivity index (χ4n) is 4.24. The molecule has 1 amide bonds. The van der Waals surface area contributed by atoms with Gasteiger partial charge in [0.05, 0.1) is 25.8 Å². The number of nitrogens with zero attached hydrogens (tertiary/aromatic N) is 3. The van der Waals surface area contributed by atoms with E-state index in [4.69, 9.17) is 60.3 Å². The van der Waals surface area contributed by atoms with E-state index in [1.807, 2.05) is 0 Å². The number of halogens is 4. The molecule has 2 heterocycles. The molecule has 5 rings (SSSR count). The van der Waals surface area contributed by atoms with Crippen LogP contribution in [0.2, 0.25) is 20.1 Å². The van der Waals surface area contributed by atoms with Gasteiger partial charge < -0.3 is 19.2 Å². The molecule has 43 heavy (non-hydrogen) atoms. The molecule has 0 aliphatic carbocycles. The first-order valence-electron chi connectivity index (χ1n) is 12.6. The van der Waals surface area contributed by atoms with Crippen molar-refractivity contribution in [1.29, 1.82) is 0 Å². The Balaban J connectivity index is 1.31. The molecule has 0 aliphatic heterocycles. The average molecular weight is 658 g/mol. The highest BCUT2D eigenvalue weighted by molar-refractivity contribution is 6.40. The number of oxime groups is 1. The first-order valence-corrected chi connectivity index (χ1v) is 14.1. The lowest BCUT2D eigenvalue weighted by Gasteiger charge is -2.09. The van der Waals surface area contributed by atoms with E-state index < -0.39 is 11.9 Å². The molecule has 0 unspecified atom stereocenters. The molecule has 2 aromatic heterocycles. The molecular formula is C30H20Cl4N4O5. The van der Waals surface area contributed by atoms with Crippen LogP contribution in [-0.2, 0) is 4.84 Å². The lowest BCUT2D eigenvalue weighted by atomic mass is 10.1. The maximum Gasteiger partial charge on any atom is 0.371 e. The Bertz CT molecular complexity index is 1860. The van der Waals surface area contributed by atoms with Gasteiger partial charge in [-0.15, -0.1) is 0 Å². The van der Waals surface area contributed by atoms with Gasteiger partial charge in [-0.2, -0.15) is 0 Å². The Labute approximate surface area is 265 Å². The van der Waals surface area contributed by atoms with Gasteiger partial charge in [-0.25, -0.2) is 4.79 Å². The maximum atomic E-state index is 13.2. The van der Waals surface area contributed by atoms with Crippen molar-refractivity contribution in [2.45, 2.75) is 20.8 Å². The molecule has 5 aromatic rings. The van der Waals surface area contributed by atoms with Crippen LogP contribution in [0.15, 0.2) is 74.9 Å². The second-order valence-electron chi connectivity index (χ2n) is 9.20. The van der Waals surface area contributed by atoms with Crippen molar-refractivity contribution < 1.29 is 23.5 Å². The van der Waals surface area contributed by atoms with E-state index in [0.717, 1.165) is 0 Å². The summed E-state index contributed by atoms with van der Waals surface area (Å²) >= 11 is 25.2. The zero-order valence-corrected chi connectivity index (χ0v) is 25.7. The second kappa shape index (κ2) is 12.6. The Morgan fingerprint density at radius 2 is 1.21 bits per heavy atom. The highest BCUT2D eigenvalue weighted by Gasteiger charge is 2.27. The first-order chi connectivity index (χ1) is 20.6. The van der Waals surface area contributed by atoms with Crippen LogP contribution in [0.3, 0.4) is 0 Å². The number of hydrogen-bond donors (Lipinski definition) is 1. The highest BCUT2D eigenvalue weighted by atomic mass is 35.5. The van der Waals surface area contributed by atoms with E-state index in [0.29, 0.717) is 53.9 Å². The molecular weight excluding hydrogens is 638 g/mol. The summed E-state index contributed by atoms with van der Waals surface area (Å²) in [4.78, 5) is 31.4. The average Bonchev–Trinajstić information content (AvgIpc) is 3.54. The van der Waals surface area contributed by atoms with E-state index in [-0.39, 0.29) is 28.3 Å². The lowest BCUT2D eigenvalue weighted by molar-refractivity contribution is 0.0515. The zero-order chi connectivity index (χ0) is 30.8. The Morgan fingerprint density at radius 3 is 1.72 bits per heavy atom. The quantitative estimate of drug-likeness (QED) is 0.105. The van der Waals surface area contributed by atoms with Crippen LogP contribution in [0.25, 0.3) is 22.5 Å². The molecule has 3 aromatic carbocycles. The number of carbonyl (C=O) groups is 2. The van der Waals surface area contributed by atoms with Gasteiger partial charge in [0.2, 0.25) is 0 Å². The molecule has 1 N–H and O–H groups in total. The number of aromatic nitrogens is 2. The second-order valence-corrected chi connectivity index (χ2v) is 10.8. The summed E-state index contributed by atoms with van der Waals surface area (Å²) in [6, 6.07) is 16.6. The summed E-state index contributed by atoms with van der Waals surface area (Å²) in [5, 5.41) is 16.0. The third-order valence-electron chi connectivity index (χ3n) is 6.38. The Kier molecular flexibility index (Phi) is 8.89. The summed E-state index contributed by atoms with van der Waals surface area (Å²) in [7, 11) is 0. The molecule has 0 spiro atoms. The van der Waals surface area contributed by atoms with Crippen molar-refractivity contribution in [3.8, 4) is 22.5 Å². The van der Waals surface area contributed by atoms with Crippen LogP contribution in [0.5, 0.6) is 0 Å². The molecule has 0 saturated heterocycles. The molecule has 0 atom stereocenters. The van der Waals surface area contributed by atoms with Crippen molar-refractivity contribution in [2.24, 2.45) is 5.16 Å². The smallest absolute Gasteiger partial charge is 0.360 e. The van der Waals surface area contributed by atoms with Gasteiger partial charge in [0.25, 0.3) is 5.91 Å². The van der Waals surface area contributed by atoms with E-state index in [1.165, 1.54) is 0 Å². The number of rotatable bonds is 7. The standard InChI is InChI=1S/C30H20Cl4N4O5/c1-14(36-43-30(40)24-16(3)42-38-28(24)26-21(33)8-5-9-22(26)34)17-10-12-18(13-11-17)35-29(39)23-15(2)41-37-27(23)25-19(31)6-4-7-20(25)32/h4-13H,1-3H3,(H,35,39). The van der Waals surface area contributed by atoms with Crippen molar-refractivity contribution in [2.75, 3.05) is 5.32 Å². The minimum absolute atomic E-state index is 0.0473. The highest BCUT2D eigenvalue weighted by Crippen LogP contribution is 2.38. The van der Waals surface area contributed by atoms with Gasteiger partial charge in [0.15, 0.2) is 0 Å². The minimum Gasteiger partial charge on any atom is -0.360 e. The van der Waals surface area contributed by atoms with Gasteiger partial charge in [-0.05, 0) is 62.7 Å². The van der Waals surface area contributed by atoms with Crippen LogP contribution in [0, 0.1) is 13.8 Å². The summed E-state index contributed by atoms with van der Waals surface area (Å²) in [5.41, 5.74) is 2.87. The van der Waals surface area contributed by atoms with Crippen LogP contribution in [0.1, 0.15) is 44.7 Å².